The number of furan rings is 1. The molecule has 0 fully saturated rings. The molecule has 7 nitrogen and oxygen atoms in total. The van der Waals surface area contributed by atoms with Gasteiger partial charge in [0, 0.05) is 5.69 Å². The van der Waals surface area contributed by atoms with Gasteiger partial charge in [-0.25, -0.2) is 0 Å². The van der Waals surface area contributed by atoms with Crippen LogP contribution in [0.5, 0.6) is 5.75 Å². The molecular formula is C21H17N2O5-. The number of para-hydroxylation sites is 1. The molecule has 0 saturated carbocycles. The van der Waals surface area contributed by atoms with Crippen molar-refractivity contribution in [3.8, 4) is 5.75 Å². The van der Waals surface area contributed by atoms with E-state index in [2.05, 4.69) is 5.32 Å². The number of nitrogens with one attached hydrogen (secondary N) is 1. The van der Waals surface area contributed by atoms with Gasteiger partial charge in [-0.05, 0) is 42.0 Å². The van der Waals surface area contributed by atoms with E-state index in [0.717, 1.165) is 11.3 Å². The number of carboxylic acids is 1. The van der Waals surface area contributed by atoms with Crippen LogP contribution in [0, 0.1) is 0 Å². The van der Waals surface area contributed by atoms with Gasteiger partial charge in [0.15, 0.2) is 0 Å². The fourth-order valence-corrected chi connectivity index (χ4v) is 3.18. The van der Waals surface area contributed by atoms with Crippen LogP contribution >= 0.6 is 0 Å². The molecule has 1 aromatic heterocycles. The van der Waals surface area contributed by atoms with Crippen LogP contribution < -0.4 is 15.2 Å². The molecule has 1 amide bonds. The molecule has 1 aliphatic heterocycles. The maximum Gasteiger partial charge on any atom is 0.258 e. The van der Waals surface area contributed by atoms with Crippen molar-refractivity contribution in [3.05, 3.63) is 83.8 Å². The summed E-state index contributed by atoms with van der Waals surface area (Å²) in [7, 11) is 0. The Balaban J connectivity index is 1.64. The van der Waals surface area contributed by atoms with Gasteiger partial charge in [-0.1, -0.05) is 24.3 Å². The first-order valence-electron chi connectivity index (χ1n) is 8.73. The summed E-state index contributed by atoms with van der Waals surface area (Å²) < 4.78 is 10.5. The molecule has 28 heavy (non-hydrogen) atoms. The fraction of sp³-hybridized carbons (Fsp3) is 0.143. The topological polar surface area (TPSA) is 94.8 Å². The van der Waals surface area contributed by atoms with Crippen LogP contribution in [0.4, 0.5) is 5.69 Å². The van der Waals surface area contributed by atoms with Crippen molar-refractivity contribution in [3.63, 3.8) is 0 Å². The zero-order chi connectivity index (χ0) is 19.5. The van der Waals surface area contributed by atoms with E-state index in [9.17, 15) is 14.7 Å². The summed E-state index contributed by atoms with van der Waals surface area (Å²) in [6.07, 6.45) is 1.16. The van der Waals surface area contributed by atoms with E-state index in [1.807, 2.05) is 24.3 Å². The number of amides is 1. The molecule has 0 bridgehead atoms. The molecule has 2 aromatic carbocycles. The second kappa shape index (κ2) is 7.48. The molecule has 7 heteroatoms. The van der Waals surface area contributed by atoms with Gasteiger partial charge in [-0.2, -0.15) is 0 Å². The zero-order valence-corrected chi connectivity index (χ0v) is 14.8. The molecular weight excluding hydrogens is 360 g/mol. The molecule has 2 heterocycles. The molecule has 1 N–H and O–H groups in total. The lowest BCUT2D eigenvalue weighted by atomic mass is 10.0. The molecule has 3 aromatic rings. The molecule has 142 valence electrons. The van der Waals surface area contributed by atoms with Gasteiger partial charge < -0.3 is 29.3 Å². The number of benzene rings is 2. The number of carbonyl (C=O) groups is 2. The minimum atomic E-state index is -1.29. The number of aliphatic carboxylic acids is 1. The minimum Gasteiger partial charge on any atom is -0.546 e. The summed E-state index contributed by atoms with van der Waals surface area (Å²) in [4.78, 5) is 25.3. The smallest absolute Gasteiger partial charge is 0.258 e. The van der Waals surface area contributed by atoms with E-state index in [1.165, 1.54) is 0 Å². The van der Waals surface area contributed by atoms with Crippen molar-refractivity contribution in [1.29, 1.82) is 0 Å². The molecule has 0 saturated heterocycles. The monoisotopic (exact) mass is 377 g/mol. The Kier molecular flexibility index (Phi) is 4.72. The van der Waals surface area contributed by atoms with Gasteiger partial charge in [-0.3, -0.25) is 4.79 Å². The summed E-state index contributed by atoms with van der Waals surface area (Å²) in [6, 6.07) is 17.9. The summed E-state index contributed by atoms with van der Waals surface area (Å²) >= 11 is 0. The van der Waals surface area contributed by atoms with E-state index in [1.54, 1.807) is 47.6 Å². The predicted molar refractivity (Wildman–Crippen MR) is 98.3 cm³/mol. The highest BCUT2D eigenvalue weighted by Crippen LogP contribution is 2.34. The van der Waals surface area contributed by atoms with Crippen molar-refractivity contribution in [2.24, 2.45) is 0 Å². The lowest BCUT2D eigenvalue weighted by Gasteiger charge is -2.37. The number of hydrogen-bond acceptors (Lipinski definition) is 6. The lowest BCUT2D eigenvalue weighted by Crippen LogP contribution is -2.42. The average molecular weight is 377 g/mol. The van der Waals surface area contributed by atoms with Crippen LogP contribution in [0.15, 0.2) is 71.3 Å². The third-order valence-corrected chi connectivity index (χ3v) is 4.48. The fourth-order valence-electron chi connectivity index (χ4n) is 3.18. The Morgan fingerprint density at radius 1 is 1.11 bits per heavy atom. The third kappa shape index (κ3) is 3.55. The quantitative estimate of drug-likeness (QED) is 0.707. The van der Waals surface area contributed by atoms with Crippen LogP contribution in [-0.4, -0.2) is 23.4 Å². The number of carbonyl (C=O) groups excluding carboxylic acids is 2. The zero-order valence-electron chi connectivity index (χ0n) is 14.8. The second-order valence-corrected chi connectivity index (χ2v) is 6.33. The highest BCUT2D eigenvalue weighted by molar-refractivity contribution is 6.01. The highest BCUT2D eigenvalue weighted by Gasteiger charge is 2.33. The van der Waals surface area contributed by atoms with Crippen LogP contribution in [-0.2, 0) is 11.3 Å². The first-order valence-corrected chi connectivity index (χ1v) is 8.73. The van der Waals surface area contributed by atoms with Crippen molar-refractivity contribution < 1.29 is 23.8 Å². The normalized spacial score (nSPS) is 15.6. The standard InChI is InChI=1S/C21H18N2O5/c24-19(25)13-28-15-9-7-14(8-10-15)20-22-18-6-2-1-5-17(18)21(26)23(20)12-16-4-3-11-27-16/h1-11,20,22H,12-13H2,(H,24,25)/p-1/t20-/m0/s1. The van der Waals surface area contributed by atoms with Crippen molar-refractivity contribution in [2.75, 3.05) is 11.9 Å². The number of nitrogens with zero attached hydrogens (tertiary/aromatic N) is 1. The van der Waals surface area contributed by atoms with E-state index < -0.39 is 18.7 Å². The Labute approximate surface area is 161 Å². The third-order valence-electron chi connectivity index (χ3n) is 4.48. The number of anilines is 1. The van der Waals surface area contributed by atoms with Gasteiger partial charge in [-0.15, -0.1) is 0 Å². The predicted octanol–water partition coefficient (Wildman–Crippen LogP) is 2.17. The number of carboxylic acid groups (broad SMARTS) is 1. The molecule has 1 atom stereocenters. The maximum atomic E-state index is 13.1. The molecule has 0 radical (unpaired) electrons. The lowest BCUT2D eigenvalue weighted by molar-refractivity contribution is -0.307. The Morgan fingerprint density at radius 3 is 2.61 bits per heavy atom. The van der Waals surface area contributed by atoms with E-state index in [-0.39, 0.29) is 5.91 Å². The maximum absolute atomic E-state index is 13.1. The van der Waals surface area contributed by atoms with Crippen LogP contribution in [0.3, 0.4) is 0 Å². The summed E-state index contributed by atoms with van der Waals surface area (Å²) in [5, 5.41) is 13.9. The van der Waals surface area contributed by atoms with E-state index in [0.29, 0.717) is 23.6 Å². The van der Waals surface area contributed by atoms with E-state index in [4.69, 9.17) is 9.15 Å². The average Bonchev–Trinajstić information content (AvgIpc) is 3.22. The van der Waals surface area contributed by atoms with Crippen molar-refractivity contribution >= 4 is 17.6 Å². The van der Waals surface area contributed by atoms with Crippen LogP contribution in [0.2, 0.25) is 0 Å². The molecule has 1 aliphatic rings. The summed E-state index contributed by atoms with van der Waals surface area (Å²) in [6.45, 7) is -0.210. The van der Waals surface area contributed by atoms with Crippen molar-refractivity contribution in [1.82, 2.24) is 4.90 Å². The Hall–Kier alpha value is -3.74. The molecule has 0 spiro atoms. The van der Waals surface area contributed by atoms with Crippen molar-refractivity contribution in [2.45, 2.75) is 12.7 Å². The Bertz CT molecular complexity index is 982. The SMILES string of the molecule is O=C([O-])COc1ccc([C@H]2Nc3ccccc3C(=O)N2Cc2ccco2)cc1. The largest absolute Gasteiger partial charge is 0.546 e. The second-order valence-electron chi connectivity index (χ2n) is 6.33. The number of ether oxygens (including phenoxy) is 1. The Morgan fingerprint density at radius 2 is 1.89 bits per heavy atom. The number of hydrogen-bond donors (Lipinski definition) is 1. The van der Waals surface area contributed by atoms with Gasteiger partial charge in [0.05, 0.1) is 24.3 Å². The van der Waals surface area contributed by atoms with Crippen LogP contribution in [0.25, 0.3) is 0 Å². The van der Waals surface area contributed by atoms with Gasteiger partial charge >= 0.3 is 0 Å². The molecule has 0 aliphatic carbocycles. The number of rotatable bonds is 6. The number of fused-ring (bicyclic) bond motifs is 1. The summed E-state index contributed by atoms with van der Waals surface area (Å²) in [5.74, 6) is -0.306. The minimum absolute atomic E-state index is 0.104. The highest BCUT2D eigenvalue weighted by atomic mass is 16.5. The first kappa shape index (κ1) is 17.7. The van der Waals surface area contributed by atoms with Crippen LogP contribution in [0.1, 0.15) is 27.8 Å². The summed E-state index contributed by atoms with van der Waals surface area (Å²) in [5.41, 5.74) is 2.18. The van der Waals surface area contributed by atoms with Gasteiger partial charge in [0.1, 0.15) is 24.3 Å². The van der Waals surface area contributed by atoms with Gasteiger partial charge in [0.2, 0.25) is 0 Å². The molecule has 0 unspecified atom stereocenters. The molecule has 4 rings (SSSR count). The first-order chi connectivity index (χ1) is 13.6. The van der Waals surface area contributed by atoms with Gasteiger partial charge in [0.25, 0.3) is 5.91 Å². The van der Waals surface area contributed by atoms with E-state index >= 15 is 0 Å².